The molecule has 2 unspecified atom stereocenters. The Balaban J connectivity index is 4.17. The van der Waals surface area contributed by atoms with E-state index >= 15 is 0 Å². The lowest BCUT2D eigenvalue weighted by atomic mass is 10.4. The molecule has 0 radical (unpaired) electrons. The minimum atomic E-state index is -1.59. The predicted octanol–water partition coefficient (Wildman–Crippen LogP) is 4.65. The van der Waals surface area contributed by atoms with Crippen molar-refractivity contribution in [3.8, 4) is 0 Å². The molecule has 0 aliphatic carbocycles. The summed E-state index contributed by atoms with van der Waals surface area (Å²) in [5.41, 5.74) is 0. The first kappa shape index (κ1) is 16.3. The zero-order chi connectivity index (χ0) is 11.9. The highest BCUT2D eigenvalue weighted by Crippen LogP contribution is 2.60. The SMILES string of the molecule is CCCCP(C)(=S)OP(C)(=S)CCCC. The van der Waals surface area contributed by atoms with Crippen molar-refractivity contribution in [3.63, 3.8) is 0 Å². The Labute approximate surface area is 106 Å². The highest BCUT2D eigenvalue weighted by Gasteiger charge is 2.19. The number of unbranched alkanes of at least 4 members (excludes halogenated alkanes) is 2. The highest BCUT2D eigenvalue weighted by atomic mass is 32.5. The monoisotopic (exact) mass is 286 g/mol. The highest BCUT2D eigenvalue weighted by molar-refractivity contribution is 8.19. The van der Waals surface area contributed by atoms with Gasteiger partial charge >= 0.3 is 0 Å². The minimum absolute atomic E-state index is 1.05. The van der Waals surface area contributed by atoms with Crippen LogP contribution in [0, 0.1) is 0 Å². The van der Waals surface area contributed by atoms with Gasteiger partial charge in [-0.3, -0.25) is 0 Å². The molecule has 0 aromatic heterocycles. The lowest BCUT2D eigenvalue weighted by Gasteiger charge is -2.25. The van der Waals surface area contributed by atoms with Crippen LogP contribution in [0.15, 0.2) is 0 Å². The molecule has 0 saturated heterocycles. The largest absolute Gasteiger partial charge is 0.321 e. The van der Waals surface area contributed by atoms with E-state index in [2.05, 4.69) is 27.2 Å². The molecule has 0 rings (SSSR count). The molecule has 5 heteroatoms. The van der Waals surface area contributed by atoms with Crippen LogP contribution in [0.2, 0.25) is 0 Å². The standard InChI is InChI=1S/C10H24OP2S2/c1-5-7-9-12(3,14)11-13(4,15)10-8-6-2/h5-10H2,1-4H3. The van der Waals surface area contributed by atoms with Crippen molar-refractivity contribution in [2.24, 2.45) is 0 Å². The molecular formula is C10H24OP2S2. The zero-order valence-corrected chi connectivity index (χ0v) is 13.8. The molecule has 0 aromatic carbocycles. The zero-order valence-electron chi connectivity index (χ0n) is 10.4. The van der Waals surface area contributed by atoms with Gasteiger partial charge in [-0.05, 0) is 38.5 Å². The summed E-state index contributed by atoms with van der Waals surface area (Å²) in [6.45, 7) is 8.59. The Kier molecular flexibility index (Phi) is 8.19. The van der Waals surface area contributed by atoms with Crippen molar-refractivity contribution in [3.05, 3.63) is 0 Å². The van der Waals surface area contributed by atoms with Crippen LogP contribution >= 0.6 is 12.5 Å². The van der Waals surface area contributed by atoms with Gasteiger partial charge in [0.1, 0.15) is 0 Å². The molecule has 0 amide bonds. The van der Waals surface area contributed by atoms with Crippen LogP contribution in [0.1, 0.15) is 39.5 Å². The quantitative estimate of drug-likeness (QED) is 0.601. The smallest absolute Gasteiger partial charge is 0.0701 e. The third-order valence-corrected chi connectivity index (χ3v) is 9.50. The Morgan fingerprint density at radius 2 is 1.20 bits per heavy atom. The summed E-state index contributed by atoms with van der Waals surface area (Å²) >= 11 is 11.1. The van der Waals surface area contributed by atoms with E-state index in [1.807, 2.05) is 0 Å². The molecule has 0 saturated carbocycles. The van der Waals surface area contributed by atoms with Gasteiger partial charge in [-0.1, -0.05) is 50.3 Å². The molecule has 15 heavy (non-hydrogen) atoms. The van der Waals surface area contributed by atoms with Crippen LogP contribution in [0.5, 0.6) is 0 Å². The van der Waals surface area contributed by atoms with Gasteiger partial charge in [0.15, 0.2) is 0 Å². The fraction of sp³-hybridized carbons (Fsp3) is 1.00. The van der Waals surface area contributed by atoms with Crippen molar-refractivity contribution in [1.29, 1.82) is 0 Å². The van der Waals surface area contributed by atoms with Crippen LogP contribution < -0.4 is 0 Å². The summed E-state index contributed by atoms with van der Waals surface area (Å²) in [5.74, 6) is 0. The molecular weight excluding hydrogens is 262 g/mol. The maximum atomic E-state index is 6.08. The van der Waals surface area contributed by atoms with Gasteiger partial charge in [0.25, 0.3) is 0 Å². The van der Waals surface area contributed by atoms with E-state index in [0.717, 1.165) is 12.3 Å². The van der Waals surface area contributed by atoms with Crippen molar-refractivity contribution in [1.82, 2.24) is 0 Å². The fourth-order valence-electron chi connectivity index (χ4n) is 1.34. The summed E-state index contributed by atoms with van der Waals surface area (Å²) in [6, 6.07) is 0. The average Bonchev–Trinajstić information content (AvgIpc) is 2.10. The summed E-state index contributed by atoms with van der Waals surface area (Å²) in [5, 5.41) is 0. The molecule has 0 bridgehead atoms. The van der Waals surface area contributed by atoms with Gasteiger partial charge in [0.2, 0.25) is 0 Å². The van der Waals surface area contributed by atoms with Crippen LogP contribution in [0.3, 0.4) is 0 Å². The van der Waals surface area contributed by atoms with E-state index in [0.29, 0.717) is 0 Å². The van der Waals surface area contributed by atoms with Gasteiger partial charge in [-0.25, -0.2) is 0 Å². The second-order valence-electron chi connectivity index (χ2n) is 4.26. The van der Waals surface area contributed by atoms with Crippen molar-refractivity contribution in [2.45, 2.75) is 39.5 Å². The third-order valence-electron chi connectivity index (χ3n) is 2.18. The molecule has 0 aromatic rings. The first-order chi connectivity index (χ1) is 6.83. The van der Waals surface area contributed by atoms with E-state index in [1.54, 1.807) is 0 Å². The molecule has 92 valence electrons. The molecule has 1 nitrogen and oxygen atoms in total. The second-order valence-corrected chi connectivity index (χ2v) is 14.5. The van der Waals surface area contributed by atoms with E-state index in [-0.39, 0.29) is 0 Å². The maximum Gasteiger partial charge on any atom is 0.0701 e. The van der Waals surface area contributed by atoms with Gasteiger partial charge in [-0.15, -0.1) is 0 Å². The lowest BCUT2D eigenvalue weighted by molar-refractivity contribution is 0.671. The van der Waals surface area contributed by atoms with E-state index in [1.165, 1.54) is 25.7 Å². The Morgan fingerprint density at radius 1 is 0.867 bits per heavy atom. The normalized spacial score (nSPS) is 19.5. The van der Waals surface area contributed by atoms with Crippen LogP contribution in [0.25, 0.3) is 0 Å². The van der Waals surface area contributed by atoms with Crippen molar-refractivity contribution < 1.29 is 4.31 Å². The number of rotatable bonds is 8. The second kappa shape index (κ2) is 7.56. The minimum Gasteiger partial charge on any atom is -0.321 e. The summed E-state index contributed by atoms with van der Waals surface area (Å²) in [4.78, 5) is 0. The molecule has 0 N–H and O–H groups in total. The van der Waals surface area contributed by atoms with Crippen molar-refractivity contribution >= 4 is 36.1 Å². The lowest BCUT2D eigenvalue weighted by Crippen LogP contribution is -1.95. The molecule has 0 spiro atoms. The van der Waals surface area contributed by atoms with E-state index < -0.39 is 12.5 Å². The molecule has 0 aliphatic heterocycles. The van der Waals surface area contributed by atoms with Crippen LogP contribution in [-0.4, -0.2) is 25.7 Å². The third kappa shape index (κ3) is 9.01. The van der Waals surface area contributed by atoms with E-state index in [9.17, 15) is 0 Å². The molecule has 0 aliphatic rings. The Morgan fingerprint density at radius 3 is 1.47 bits per heavy atom. The molecule has 0 heterocycles. The maximum absolute atomic E-state index is 6.08. The predicted molar refractivity (Wildman–Crippen MR) is 81.1 cm³/mol. The summed E-state index contributed by atoms with van der Waals surface area (Å²) < 4.78 is 6.08. The van der Waals surface area contributed by atoms with Gasteiger partial charge < -0.3 is 4.31 Å². The average molecular weight is 286 g/mol. The van der Waals surface area contributed by atoms with E-state index in [4.69, 9.17) is 27.9 Å². The molecule has 2 atom stereocenters. The first-order valence-electron chi connectivity index (χ1n) is 5.67. The van der Waals surface area contributed by atoms with Gasteiger partial charge in [0, 0.05) is 0 Å². The number of hydrogen-bond acceptors (Lipinski definition) is 3. The topological polar surface area (TPSA) is 9.23 Å². The fourth-order valence-corrected chi connectivity index (χ4v) is 10.5. The Hall–Kier alpha value is 1.26. The number of hydrogen-bond donors (Lipinski definition) is 0. The molecule has 0 fully saturated rings. The van der Waals surface area contributed by atoms with Gasteiger partial charge in [-0.2, -0.15) is 0 Å². The van der Waals surface area contributed by atoms with Crippen LogP contribution in [0.4, 0.5) is 0 Å². The van der Waals surface area contributed by atoms with Gasteiger partial charge in [0.05, 0.1) is 12.5 Å². The van der Waals surface area contributed by atoms with Crippen LogP contribution in [-0.2, 0) is 27.9 Å². The summed E-state index contributed by atoms with van der Waals surface area (Å²) in [6.07, 6.45) is 3.66. The Bertz CT molecular complexity index is 240. The summed E-state index contributed by atoms with van der Waals surface area (Å²) in [7, 11) is 0. The first-order valence-corrected chi connectivity index (χ1v) is 12.4. The van der Waals surface area contributed by atoms with Crippen molar-refractivity contribution in [2.75, 3.05) is 25.7 Å².